The lowest BCUT2D eigenvalue weighted by Gasteiger charge is -2.32. The summed E-state index contributed by atoms with van der Waals surface area (Å²) in [5.74, 6) is 0.642. The van der Waals surface area contributed by atoms with Gasteiger partial charge in [0.2, 0.25) is 0 Å². The Balaban J connectivity index is 1.56. The van der Waals surface area contributed by atoms with Gasteiger partial charge in [-0.25, -0.2) is 4.98 Å². The second-order valence-electron chi connectivity index (χ2n) is 5.51. The zero-order valence-electron chi connectivity index (χ0n) is 11.8. The van der Waals surface area contributed by atoms with Crippen LogP contribution in [0.1, 0.15) is 24.2 Å². The number of hydrogen-bond donors (Lipinski definition) is 0. The molecule has 1 aliphatic heterocycles. The molecular formula is C14H20N6. The Bertz CT molecular complexity index is 521. The van der Waals surface area contributed by atoms with E-state index >= 15 is 0 Å². The van der Waals surface area contributed by atoms with Crippen LogP contribution in [0.25, 0.3) is 0 Å². The molecule has 3 heterocycles. The number of hydrogen-bond acceptors (Lipinski definition) is 5. The minimum atomic E-state index is 0.642. The van der Waals surface area contributed by atoms with Crippen LogP contribution >= 0.6 is 0 Å². The number of aryl methyl sites for hydroxylation is 1. The molecule has 1 aliphatic rings. The molecule has 0 spiro atoms. The molecule has 1 saturated heterocycles. The van der Waals surface area contributed by atoms with Gasteiger partial charge >= 0.3 is 0 Å². The molecule has 0 saturated carbocycles. The topological polar surface area (TPSA) is 59.7 Å². The summed E-state index contributed by atoms with van der Waals surface area (Å²) >= 11 is 0. The number of nitrogens with zero attached hydrogens (tertiary/aromatic N) is 6. The van der Waals surface area contributed by atoms with Gasteiger partial charge in [0.25, 0.3) is 0 Å². The molecule has 0 amide bonds. The van der Waals surface area contributed by atoms with Crippen molar-refractivity contribution in [3.63, 3.8) is 0 Å². The average Bonchev–Trinajstić information content (AvgIpc) is 2.95. The van der Waals surface area contributed by atoms with Gasteiger partial charge in [0.05, 0.1) is 11.4 Å². The predicted molar refractivity (Wildman–Crippen MR) is 74.8 cm³/mol. The van der Waals surface area contributed by atoms with Crippen LogP contribution in [0, 0.1) is 12.8 Å². The van der Waals surface area contributed by atoms with Crippen LogP contribution < -0.4 is 0 Å². The second-order valence-corrected chi connectivity index (χ2v) is 5.51. The van der Waals surface area contributed by atoms with Crippen LogP contribution in [-0.4, -0.2) is 42.7 Å². The van der Waals surface area contributed by atoms with E-state index in [1.807, 2.05) is 24.0 Å². The molecule has 0 aliphatic carbocycles. The molecule has 20 heavy (non-hydrogen) atoms. The smallest absolute Gasteiger partial charge is 0.137 e. The molecule has 6 heteroatoms. The van der Waals surface area contributed by atoms with Crippen molar-refractivity contribution in [2.24, 2.45) is 5.92 Å². The molecule has 0 N–H and O–H groups in total. The monoisotopic (exact) mass is 272 g/mol. The Morgan fingerprint density at radius 1 is 1.30 bits per heavy atom. The highest BCUT2D eigenvalue weighted by atomic mass is 15.3. The van der Waals surface area contributed by atoms with Crippen LogP contribution in [0.3, 0.4) is 0 Å². The second kappa shape index (κ2) is 6.09. The van der Waals surface area contributed by atoms with Crippen LogP contribution in [0.15, 0.2) is 25.0 Å². The fraction of sp³-hybridized carbons (Fsp3) is 0.571. The first-order valence-corrected chi connectivity index (χ1v) is 7.12. The largest absolute Gasteiger partial charge is 0.297 e. The fourth-order valence-corrected chi connectivity index (χ4v) is 2.77. The molecule has 0 radical (unpaired) electrons. The lowest BCUT2D eigenvalue weighted by molar-refractivity contribution is 0.151. The van der Waals surface area contributed by atoms with Crippen molar-refractivity contribution in [1.29, 1.82) is 0 Å². The molecule has 1 unspecified atom stereocenters. The van der Waals surface area contributed by atoms with Crippen LogP contribution in [0.5, 0.6) is 0 Å². The third-order valence-corrected chi connectivity index (χ3v) is 3.73. The Hall–Kier alpha value is -1.82. The maximum absolute atomic E-state index is 4.44. The van der Waals surface area contributed by atoms with E-state index in [0.717, 1.165) is 37.6 Å². The summed E-state index contributed by atoms with van der Waals surface area (Å²) in [6.07, 6.45) is 9.62. The van der Waals surface area contributed by atoms with Crippen molar-refractivity contribution >= 4 is 0 Å². The van der Waals surface area contributed by atoms with E-state index in [4.69, 9.17) is 0 Å². The van der Waals surface area contributed by atoms with Crippen molar-refractivity contribution in [1.82, 2.24) is 29.6 Å². The Morgan fingerprint density at radius 3 is 3.00 bits per heavy atom. The van der Waals surface area contributed by atoms with E-state index in [2.05, 4.69) is 25.0 Å². The quantitative estimate of drug-likeness (QED) is 0.839. The minimum absolute atomic E-state index is 0.642. The highest BCUT2D eigenvalue weighted by molar-refractivity contribution is 5.00. The van der Waals surface area contributed by atoms with Crippen LogP contribution in [-0.2, 0) is 13.1 Å². The normalized spacial score (nSPS) is 20.1. The van der Waals surface area contributed by atoms with Crippen LogP contribution in [0.2, 0.25) is 0 Å². The first-order chi connectivity index (χ1) is 9.79. The first kappa shape index (κ1) is 13.2. The summed E-state index contributed by atoms with van der Waals surface area (Å²) in [5.41, 5.74) is 2.02. The molecule has 0 bridgehead atoms. The van der Waals surface area contributed by atoms with E-state index < -0.39 is 0 Å². The van der Waals surface area contributed by atoms with Crippen molar-refractivity contribution in [2.45, 2.75) is 32.9 Å². The van der Waals surface area contributed by atoms with E-state index in [9.17, 15) is 0 Å². The molecule has 3 rings (SSSR count). The number of likely N-dealkylation sites (tertiary alicyclic amines) is 1. The molecule has 1 atom stereocenters. The zero-order chi connectivity index (χ0) is 13.8. The highest BCUT2D eigenvalue weighted by Gasteiger charge is 2.20. The Labute approximate surface area is 118 Å². The summed E-state index contributed by atoms with van der Waals surface area (Å²) in [5, 5.41) is 4.19. The molecule has 106 valence electrons. The SMILES string of the molecule is Cc1cnc(CN2CCCC(Cn3cncn3)C2)cn1. The highest BCUT2D eigenvalue weighted by Crippen LogP contribution is 2.19. The third kappa shape index (κ3) is 3.39. The van der Waals surface area contributed by atoms with Gasteiger partial charge in [-0.15, -0.1) is 0 Å². The van der Waals surface area contributed by atoms with Crippen molar-refractivity contribution in [2.75, 3.05) is 13.1 Å². The lowest BCUT2D eigenvalue weighted by Crippen LogP contribution is -2.36. The van der Waals surface area contributed by atoms with Crippen molar-refractivity contribution in [3.05, 3.63) is 36.4 Å². The van der Waals surface area contributed by atoms with Gasteiger partial charge in [0.1, 0.15) is 12.7 Å². The zero-order valence-corrected chi connectivity index (χ0v) is 11.8. The maximum Gasteiger partial charge on any atom is 0.137 e. The maximum atomic E-state index is 4.44. The molecular weight excluding hydrogens is 252 g/mol. The van der Waals surface area contributed by atoms with Gasteiger partial charge in [0, 0.05) is 32.0 Å². The lowest BCUT2D eigenvalue weighted by atomic mass is 9.98. The van der Waals surface area contributed by atoms with E-state index in [1.54, 1.807) is 12.7 Å². The van der Waals surface area contributed by atoms with Crippen LogP contribution in [0.4, 0.5) is 0 Å². The Morgan fingerprint density at radius 2 is 2.25 bits per heavy atom. The fourth-order valence-electron chi connectivity index (χ4n) is 2.77. The van der Waals surface area contributed by atoms with Gasteiger partial charge in [-0.2, -0.15) is 5.10 Å². The number of rotatable bonds is 4. The van der Waals surface area contributed by atoms with E-state index in [0.29, 0.717) is 5.92 Å². The molecule has 6 nitrogen and oxygen atoms in total. The van der Waals surface area contributed by atoms with Crippen molar-refractivity contribution < 1.29 is 0 Å². The molecule has 0 aromatic carbocycles. The van der Waals surface area contributed by atoms with Gasteiger partial charge in [-0.1, -0.05) is 0 Å². The Kier molecular flexibility index (Phi) is 4.01. The van der Waals surface area contributed by atoms with Gasteiger partial charge < -0.3 is 0 Å². The molecule has 2 aromatic heterocycles. The minimum Gasteiger partial charge on any atom is -0.297 e. The summed E-state index contributed by atoms with van der Waals surface area (Å²) in [4.78, 5) is 15.2. The van der Waals surface area contributed by atoms with E-state index in [-0.39, 0.29) is 0 Å². The standard InChI is InChI=1S/C14H20N6/c1-12-5-17-14(6-16-12)9-19-4-2-3-13(7-19)8-20-11-15-10-18-20/h5-6,10-11,13H,2-4,7-9H2,1H3. The predicted octanol–water partition coefficient (Wildman–Crippen LogP) is 1.29. The van der Waals surface area contributed by atoms with Gasteiger partial charge in [0.15, 0.2) is 0 Å². The van der Waals surface area contributed by atoms with E-state index in [1.165, 1.54) is 12.8 Å². The summed E-state index contributed by atoms with van der Waals surface area (Å²) in [6.45, 7) is 6.04. The summed E-state index contributed by atoms with van der Waals surface area (Å²) in [7, 11) is 0. The molecule has 2 aromatic rings. The summed E-state index contributed by atoms with van der Waals surface area (Å²) < 4.78 is 1.93. The average molecular weight is 272 g/mol. The van der Waals surface area contributed by atoms with Gasteiger partial charge in [-0.05, 0) is 32.2 Å². The number of aromatic nitrogens is 5. The third-order valence-electron chi connectivity index (χ3n) is 3.73. The first-order valence-electron chi connectivity index (χ1n) is 7.12. The van der Waals surface area contributed by atoms with Gasteiger partial charge in [-0.3, -0.25) is 19.5 Å². The number of piperidine rings is 1. The summed E-state index contributed by atoms with van der Waals surface area (Å²) in [6, 6.07) is 0. The van der Waals surface area contributed by atoms with Crippen molar-refractivity contribution in [3.8, 4) is 0 Å². The molecule has 1 fully saturated rings.